The zero-order chi connectivity index (χ0) is 25.4. The lowest BCUT2D eigenvalue weighted by Crippen LogP contribution is -2.34. The van der Waals surface area contributed by atoms with Crippen molar-refractivity contribution in [2.45, 2.75) is 19.6 Å². The van der Waals surface area contributed by atoms with E-state index in [0.29, 0.717) is 42.2 Å². The fourth-order valence-electron chi connectivity index (χ4n) is 3.33. The maximum absolute atomic E-state index is 13.3. The fourth-order valence-corrected chi connectivity index (χ4v) is 3.33. The van der Waals surface area contributed by atoms with Gasteiger partial charge >= 0.3 is 6.18 Å². The molecule has 2 heterocycles. The summed E-state index contributed by atoms with van der Waals surface area (Å²) in [5.74, 6) is -0.194. The molecule has 0 aliphatic heterocycles. The summed E-state index contributed by atoms with van der Waals surface area (Å²) in [5, 5.41) is 4.33. The van der Waals surface area contributed by atoms with Crippen LogP contribution in [0, 0.1) is 0 Å². The first-order chi connectivity index (χ1) is 16.7. The van der Waals surface area contributed by atoms with Gasteiger partial charge in [0.15, 0.2) is 0 Å². The van der Waals surface area contributed by atoms with Crippen LogP contribution < -0.4 is 5.73 Å². The van der Waals surface area contributed by atoms with Crippen LogP contribution in [-0.2, 0) is 12.7 Å². The number of hydrogen-bond acceptors (Lipinski definition) is 5. The molecule has 1 aromatic carbocycles. The summed E-state index contributed by atoms with van der Waals surface area (Å²) < 4.78 is 40.5. The Bertz CT molecular complexity index is 1250. The van der Waals surface area contributed by atoms with Crippen LogP contribution in [0.5, 0.6) is 0 Å². The van der Waals surface area contributed by atoms with E-state index in [2.05, 4.69) is 21.7 Å². The molecule has 182 valence electrons. The second-order valence-corrected chi connectivity index (χ2v) is 7.41. The highest BCUT2D eigenvalue weighted by Gasteiger charge is 2.32. The molecule has 2 N–H and O–H groups in total. The maximum Gasteiger partial charge on any atom is 0.433 e. The minimum Gasteiger partial charge on any atom is -0.405 e. The molecule has 0 radical (unpaired) electrons. The number of rotatable bonds is 9. The molecule has 0 spiro atoms. The number of likely N-dealkylation sites (N-methyl/N-ethyl adjacent to an activating group) is 1. The molecule has 0 aliphatic carbocycles. The number of allylic oxidation sites excluding steroid dienone is 1. The Morgan fingerprint density at radius 3 is 2.57 bits per heavy atom. The van der Waals surface area contributed by atoms with E-state index in [0.717, 1.165) is 6.07 Å². The molecule has 0 fully saturated rings. The van der Waals surface area contributed by atoms with Crippen molar-refractivity contribution in [1.82, 2.24) is 19.7 Å². The standard InChI is InChI=1S/C25H25F3N6O/c1-3-33(24(35)20-9-5-4-8-19(20)18(2)30-14-7-13-29)16-17-34-15-12-22(32-34)21-10-6-11-23(31-21)25(26,27)28/h4-15H,2-3,16-17,29H2,1H3/b13-7-,30-14-. The molecular formula is C25H25F3N6O. The van der Waals surface area contributed by atoms with Crippen LogP contribution >= 0.6 is 0 Å². The van der Waals surface area contributed by atoms with Gasteiger partial charge in [-0.25, -0.2) is 4.98 Å². The molecule has 0 saturated heterocycles. The molecule has 3 aromatic rings. The Morgan fingerprint density at radius 1 is 1.14 bits per heavy atom. The zero-order valence-electron chi connectivity index (χ0n) is 19.1. The van der Waals surface area contributed by atoms with Crippen LogP contribution in [0.2, 0.25) is 0 Å². The number of aromatic nitrogens is 3. The summed E-state index contributed by atoms with van der Waals surface area (Å²) in [6.45, 7) is 6.93. The lowest BCUT2D eigenvalue weighted by Gasteiger charge is -2.22. The van der Waals surface area contributed by atoms with Gasteiger partial charge in [0.1, 0.15) is 11.4 Å². The molecule has 35 heavy (non-hydrogen) atoms. The molecule has 0 aliphatic rings. The van der Waals surface area contributed by atoms with E-state index in [9.17, 15) is 18.0 Å². The predicted molar refractivity (Wildman–Crippen MR) is 129 cm³/mol. The Hall–Kier alpha value is -4.21. The predicted octanol–water partition coefficient (Wildman–Crippen LogP) is 4.64. The van der Waals surface area contributed by atoms with Crippen LogP contribution in [0.3, 0.4) is 0 Å². The number of amides is 1. The molecule has 10 heteroatoms. The number of carbonyl (C=O) groups excluding carboxylic acids is 1. The van der Waals surface area contributed by atoms with Crippen molar-refractivity contribution < 1.29 is 18.0 Å². The average molecular weight is 483 g/mol. The lowest BCUT2D eigenvalue weighted by molar-refractivity contribution is -0.141. The first-order valence-electron chi connectivity index (χ1n) is 10.8. The molecule has 0 bridgehead atoms. The van der Waals surface area contributed by atoms with Gasteiger partial charge in [-0.15, -0.1) is 0 Å². The molecule has 3 rings (SSSR count). The number of pyridine rings is 1. The summed E-state index contributed by atoms with van der Waals surface area (Å²) in [5.41, 5.74) is 6.27. The Kier molecular flexibility index (Phi) is 8.19. The van der Waals surface area contributed by atoms with Crippen LogP contribution in [0.1, 0.15) is 28.5 Å². The second-order valence-electron chi connectivity index (χ2n) is 7.41. The molecule has 0 unspecified atom stereocenters. The third-order valence-corrected chi connectivity index (χ3v) is 5.11. The van der Waals surface area contributed by atoms with Crippen molar-refractivity contribution in [3.8, 4) is 11.4 Å². The van der Waals surface area contributed by atoms with Gasteiger partial charge in [0.05, 0.1) is 17.9 Å². The first kappa shape index (κ1) is 25.4. The van der Waals surface area contributed by atoms with E-state index in [1.54, 1.807) is 52.2 Å². The molecule has 2 aromatic heterocycles. The van der Waals surface area contributed by atoms with Crippen molar-refractivity contribution in [3.05, 3.63) is 90.4 Å². The third kappa shape index (κ3) is 6.44. The summed E-state index contributed by atoms with van der Waals surface area (Å²) in [7, 11) is 0. The van der Waals surface area contributed by atoms with Gasteiger partial charge in [-0.05, 0) is 43.5 Å². The summed E-state index contributed by atoms with van der Waals surface area (Å²) in [6.07, 6.45) is 1.51. The van der Waals surface area contributed by atoms with Gasteiger partial charge in [0, 0.05) is 36.6 Å². The fraction of sp³-hybridized carbons (Fsp3) is 0.200. The minimum absolute atomic E-state index is 0.125. The van der Waals surface area contributed by atoms with E-state index in [1.165, 1.54) is 24.5 Å². The van der Waals surface area contributed by atoms with Crippen LogP contribution in [0.15, 0.2) is 78.6 Å². The summed E-state index contributed by atoms with van der Waals surface area (Å²) in [6, 6.07) is 12.3. The number of alkyl halides is 3. The number of nitrogens with two attached hydrogens (primary N) is 1. The number of halogens is 3. The highest BCUT2D eigenvalue weighted by Crippen LogP contribution is 2.29. The Morgan fingerprint density at radius 2 is 1.89 bits per heavy atom. The maximum atomic E-state index is 13.3. The Labute approximate surface area is 201 Å². The summed E-state index contributed by atoms with van der Waals surface area (Å²) in [4.78, 5) is 22.8. The van der Waals surface area contributed by atoms with E-state index < -0.39 is 11.9 Å². The van der Waals surface area contributed by atoms with Crippen molar-refractivity contribution in [3.63, 3.8) is 0 Å². The molecule has 0 saturated carbocycles. The van der Waals surface area contributed by atoms with Crippen molar-refractivity contribution >= 4 is 17.8 Å². The lowest BCUT2D eigenvalue weighted by atomic mass is 10.0. The van der Waals surface area contributed by atoms with Gasteiger partial charge in [0.2, 0.25) is 0 Å². The molecule has 1 amide bonds. The van der Waals surface area contributed by atoms with E-state index in [1.807, 2.05) is 6.92 Å². The molecular weight excluding hydrogens is 457 g/mol. The van der Waals surface area contributed by atoms with Gasteiger partial charge in [0.25, 0.3) is 5.91 Å². The highest BCUT2D eigenvalue weighted by atomic mass is 19.4. The third-order valence-electron chi connectivity index (χ3n) is 5.11. The second kappa shape index (κ2) is 11.3. The van der Waals surface area contributed by atoms with Gasteiger partial charge in [-0.3, -0.25) is 14.5 Å². The largest absolute Gasteiger partial charge is 0.433 e. The monoisotopic (exact) mass is 482 g/mol. The quantitative estimate of drug-likeness (QED) is 0.450. The van der Waals surface area contributed by atoms with Crippen molar-refractivity contribution in [1.29, 1.82) is 0 Å². The van der Waals surface area contributed by atoms with Crippen LogP contribution in [0.4, 0.5) is 13.2 Å². The number of carbonyl (C=O) groups is 1. The van der Waals surface area contributed by atoms with Crippen LogP contribution in [-0.4, -0.2) is 44.9 Å². The topological polar surface area (TPSA) is 89.4 Å². The zero-order valence-corrected chi connectivity index (χ0v) is 19.1. The number of nitrogens with zero attached hydrogens (tertiary/aromatic N) is 5. The highest BCUT2D eigenvalue weighted by molar-refractivity contribution is 5.99. The van der Waals surface area contributed by atoms with Gasteiger partial charge < -0.3 is 10.6 Å². The first-order valence-corrected chi connectivity index (χ1v) is 10.8. The van der Waals surface area contributed by atoms with E-state index >= 15 is 0 Å². The average Bonchev–Trinajstić information content (AvgIpc) is 3.33. The minimum atomic E-state index is -4.53. The SMILES string of the molecule is C=C(/N=C\C=C/N)c1ccccc1C(=O)N(CC)CCn1ccc(-c2cccc(C(F)(F)F)n2)n1. The summed E-state index contributed by atoms with van der Waals surface area (Å²) >= 11 is 0. The Balaban J connectivity index is 1.73. The van der Waals surface area contributed by atoms with E-state index in [-0.39, 0.29) is 11.6 Å². The number of benzene rings is 1. The number of hydrogen-bond donors (Lipinski definition) is 1. The van der Waals surface area contributed by atoms with Crippen LogP contribution in [0.25, 0.3) is 17.1 Å². The molecule has 7 nitrogen and oxygen atoms in total. The smallest absolute Gasteiger partial charge is 0.405 e. The van der Waals surface area contributed by atoms with Gasteiger partial charge in [-0.2, -0.15) is 18.3 Å². The number of aliphatic imine (C=N–C) groups is 1. The van der Waals surface area contributed by atoms with Crippen molar-refractivity contribution in [2.75, 3.05) is 13.1 Å². The van der Waals surface area contributed by atoms with Gasteiger partial charge in [-0.1, -0.05) is 30.8 Å². The normalized spacial score (nSPS) is 11.9. The van der Waals surface area contributed by atoms with Crippen molar-refractivity contribution in [2.24, 2.45) is 10.7 Å². The molecule has 0 atom stereocenters. The van der Waals surface area contributed by atoms with E-state index in [4.69, 9.17) is 5.73 Å².